The van der Waals surface area contributed by atoms with Gasteiger partial charge in [0.05, 0.1) is 0 Å². The lowest BCUT2D eigenvalue weighted by atomic mass is 10.5. The maximum absolute atomic E-state index is 12.5. The minimum Gasteiger partial charge on any atom is -0.315 e. The molecule has 0 fully saturated rings. The van der Waals surface area contributed by atoms with Gasteiger partial charge in [-0.1, -0.05) is 0 Å². The van der Waals surface area contributed by atoms with Gasteiger partial charge in [-0.15, -0.1) is 22.7 Å². The fraction of sp³-hybridized carbons (Fsp3) is 0.333. The zero-order chi connectivity index (χ0) is 14.8. The molecule has 0 aliphatic carbocycles. The van der Waals surface area contributed by atoms with E-state index in [9.17, 15) is 8.42 Å². The van der Waals surface area contributed by atoms with E-state index in [-0.39, 0.29) is 0 Å². The molecule has 0 saturated carbocycles. The average molecular weight is 395 g/mol. The Bertz CT molecular complexity index is 678. The van der Waals surface area contributed by atoms with Crippen LogP contribution in [0.3, 0.4) is 0 Å². The largest absolute Gasteiger partial charge is 0.315 e. The van der Waals surface area contributed by atoms with Crippen molar-refractivity contribution in [2.24, 2.45) is 0 Å². The normalized spacial score (nSPS) is 12.2. The molecule has 0 spiro atoms. The monoisotopic (exact) mass is 394 g/mol. The highest BCUT2D eigenvalue weighted by atomic mass is 79.9. The van der Waals surface area contributed by atoms with Gasteiger partial charge in [0, 0.05) is 39.7 Å². The molecule has 0 aliphatic rings. The van der Waals surface area contributed by atoms with Crippen LogP contribution in [0.25, 0.3) is 0 Å². The van der Waals surface area contributed by atoms with E-state index in [4.69, 9.17) is 0 Å². The SMILES string of the molecule is CNCc1ccc(S(=O)(=O)N(C)Cc2cc(Br)cs2)s1. The number of nitrogens with one attached hydrogen (secondary N) is 1. The molecule has 0 saturated heterocycles. The molecule has 110 valence electrons. The minimum absolute atomic E-state index is 0.387. The Morgan fingerprint density at radius 2 is 2.10 bits per heavy atom. The number of rotatable bonds is 6. The Kier molecular flexibility index (Phi) is 5.38. The maximum Gasteiger partial charge on any atom is 0.252 e. The lowest BCUT2D eigenvalue weighted by Gasteiger charge is -2.14. The van der Waals surface area contributed by atoms with Crippen LogP contribution in [0.1, 0.15) is 9.75 Å². The van der Waals surface area contributed by atoms with Gasteiger partial charge >= 0.3 is 0 Å². The summed E-state index contributed by atoms with van der Waals surface area (Å²) < 4.78 is 27.7. The third-order valence-corrected chi connectivity index (χ3v) is 7.69. The third-order valence-electron chi connectivity index (χ3n) is 2.65. The van der Waals surface area contributed by atoms with Crippen LogP contribution in [0.5, 0.6) is 0 Å². The van der Waals surface area contributed by atoms with Gasteiger partial charge in [-0.2, -0.15) is 4.31 Å². The van der Waals surface area contributed by atoms with Crippen molar-refractivity contribution in [2.75, 3.05) is 14.1 Å². The van der Waals surface area contributed by atoms with Gasteiger partial charge in [0.1, 0.15) is 4.21 Å². The van der Waals surface area contributed by atoms with Crippen molar-refractivity contribution >= 4 is 48.6 Å². The summed E-state index contributed by atoms with van der Waals surface area (Å²) >= 11 is 6.23. The van der Waals surface area contributed by atoms with Crippen LogP contribution in [-0.2, 0) is 23.1 Å². The molecule has 0 bridgehead atoms. The molecular formula is C12H15BrN2O2S3. The molecule has 20 heavy (non-hydrogen) atoms. The molecule has 2 aromatic rings. The summed E-state index contributed by atoms with van der Waals surface area (Å²) in [6.07, 6.45) is 0. The Hall–Kier alpha value is -0.250. The number of thiophene rings is 2. The quantitative estimate of drug-likeness (QED) is 0.818. The first-order valence-electron chi connectivity index (χ1n) is 5.86. The molecule has 0 aliphatic heterocycles. The number of hydrogen-bond donors (Lipinski definition) is 1. The summed E-state index contributed by atoms with van der Waals surface area (Å²) in [4.78, 5) is 2.02. The Labute approximate surface area is 135 Å². The van der Waals surface area contributed by atoms with Crippen LogP contribution in [-0.4, -0.2) is 26.8 Å². The van der Waals surface area contributed by atoms with Crippen molar-refractivity contribution in [1.29, 1.82) is 0 Å². The molecule has 0 unspecified atom stereocenters. The summed E-state index contributed by atoms with van der Waals surface area (Å²) in [5, 5.41) is 4.97. The highest BCUT2D eigenvalue weighted by Gasteiger charge is 2.23. The highest BCUT2D eigenvalue weighted by Crippen LogP contribution is 2.27. The summed E-state index contributed by atoms with van der Waals surface area (Å²) in [5.74, 6) is 0. The minimum atomic E-state index is -3.41. The van der Waals surface area contributed by atoms with Gasteiger partial charge in [0.25, 0.3) is 10.0 Å². The van der Waals surface area contributed by atoms with E-state index in [2.05, 4.69) is 21.2 Å². The van der Waals surface area contributed by atoms with Crippen LogP contribution in [0.15, 0.2) is 32.3 Å². The molecule has 0 atom stereocenters. The van der Waals surface area contributed by atoms with Crippen molar-refractivity contribution in [2.45, 2.75) is 17.3 Å². The fourth-order valence-corrected chi connectivity index (χ4v) is 5.97. The molecule has 2 aromatic heterocycles. The average Bonchev–Trinajstić information content (AvgIpc) is 2.99. The molecule has 0 amide bonds. The Morgan fingerprint density at radius 1 is 1.35 bits per heavy atom. The fourth-order valence-electron chi connectivity index (χ4n) is 1.66. The first-order chi connectivity index (χ1) is 9.43. The second-order valence-electron chi connectivity index (χ2n) is 4.24. The van der Waals surface area contributed by atoms with Crippen LogP contribution in [0.4, 0.5) is 0 Å². The molecule has 1 N–H and O–H groups in total. The molecule has 2 heterocycles. The molecule has 0 radical (unpaired) electrons. The van der Waals surface area contributed by atoms with E-state index in [0.29, 0.717) is 17.3 Å². The number of halogens is 1. The van der Waals surface area contributed by atoms with Gasteiger partial charge in [-0.3, -0.25) is 0 Å². The van der Waals surface area contributed by atoms with Gasteiger partial charge in [-0.25, -0.2) is 8.42 Å². The van der Waals surface area contributed by atoms with Crippen LogP contribution in [0, 0.1) is 0 Å². The zero-order valence-corrected chi connectivity index (χ0v) is 15.1. The van der Waals surface area contributed by atoms with Gasteiger partial charge in [0.15, 0.2) is 0 Å². The van der Waals surface area contributed by atoms with E-state index in [1.165, 1.54) is 15.6 Å². The predicted molar refractivity (Wildman–Crippen MR) is 87.8 cm³/mol. The van der Waals surface area contributed by atoms with Crippen molar-refractivity contribution in [3.8, 4) is 0 Å². The first-order valence-corrected chi connectivity index (χ1v) is 9.79. The summed E-state index contributed by atoms with van der Waals surface area (Å²) in [6, 6.07) is 5.47. The molecule has 4 nitrogen and oxygen atoms in total. The molecular weight excluding hydrogens is 380 g/mol. The van der Waals surface area contributed by atoms with Gasteiger partial charge in [-0.05, 0) is 41.2 Å². The zero-order valence-electron chi connectivity index (χ0n) is 11.1. The smallest absolute Gasteiger partial charge is 0.252 e. The standard InChI is InChI=1S/C12H15BrN2O2S3/c1-14-6-10-3-4-12(19-10)20(16,17)15(2)7-11-5-9(13)8-18-11/h3-5,8,14H,6-7H2,1-2H3. The Balaban J connectivity index is 2.15. The van der Waals surface area contributed by atoms with Crippen LogP contribution in [0.2, 0.25) is 0 Å². The van der Waals surface area contributed by atoms with Crippen molar-refractivity contribution in [3.05, 3.63) is 37.8 Å². The van der Waals surface area contributed by atoms with E-state index in [1.807, 2.05) is 24.6 Å². The lowest BCUT2D eigenvalue weighted by molar-refractivity contribution is 0.471. The van der Waals surface area contributed by atoms with E-state index in [1.54, 1.807) is 24.5 Å². The van der Waals surface area contributed by atoms with Gasteiger partial charge < -0.3 is 5.32 Å². The summed E-state index contributed by atoms with van der Waals surface area (Å²) in [6.45, 7) is 1.07. The van der Waals surface area contributed by atoms with E-state index < -0.39 is 10.0 Å². The van der Waals surface area contributed by atoms with Gasteiger partial charge in [0.2, 0.25) is 0 Å². The number of hydrogen-bond acceptors (Lipinski definition) is 5. The second kappa shape index (κ2) is 6.67. The highest BCUT2D eigenvalue weighted by molar-refractivity contribution is 9.10. The van der Waals surface area contributed by atoms with Crippen molar-refractivity contribution in [1.82, 2.24) is 9.62 Å². The topological polar surface area (TPSA) is 49.4 Å². The molecule has 8 heteroatoms. The molecule has 2 rings (SSSR count). The van der Waals surface area contributed by atoms with Crippen LogP contribution >= 0.6 is 38.6 Å². The Morgan fingerprint density at radius 3 is 2.70 bits per heavy atom. The number of sulfonamides is 1. The van der Waals surface area contributed by atoms with Crippen LogP contribution < -0.4 is 5.32 Å². The first kappa shape index (κ1) is 16.1. The molecule has 0 aromatic carbocycles. The van der Waals surface area contributed by atoms with E-state index >= 15 is 0 Å². The number of nitrogens with zero attached hydrogens (tertiary/aromatic N) is 1. The summed E-state index contributed by atoms with van der Waals surface area (Å²) in [7, 11) is 0.0435. The van der Waals surface area contributed by atoms with Crippen molar-refractivity contribution in [3.63, 3.8) is 0 Å². The summed E-state index contributed by atoms with van der Waals surface area (Å²) in [5.41, 5.74) is 0. The van der Waals surface area contributed by atoms with Crippen molar-refractivity contribution < 1.29 is 8.42 Å². The van der Waals surface area contributed by atoms with E-state index in [0.717, 1.165) is 14.2 Å². The third kappa shape index (κ3) is 3.69. The second-order valence-corrected chi connectivity index (χ2v) is 9.59. The maximum atomic E-state index is 12.5. The predicted octanol–water partition coefficient (Wildman–Crippen LogP) is 3.11. The lowest BCUT2D eigenvalue weighted by Crippen LogP contribution is -2.25.